The first kappa shape index (κ1) is 19.1. The van der Waals surface area contributed by atoms with Crippen molar-refractivity contribution in [2.45, 2.75) is 45.6 Å². The second-order valence-electron chi connectivity index (χ2n) is 6.85. The Labute approximate surface area is 148 Å². The Balaban J connectivity index is 2.03. The van der Waals surface area contributed by atoms with Crippen LogP contribution in [0, 0.1) is 11.8 Å². The average Bonchev–Trinajstić information content (AvgIpc) is 3.03. The molecule has 1 aromatic carbocycles. The molecule has 0 radical (unpaired) electrons. The van der Waals surface area contributed by atoms with Crippen molar-refractivity contribution < 1.29 is 24.2 Å². The average molecular weight is 349 g/mol. The van der Waals surface area contributed by atoms with Crippen molar-refractivity contribution >= 4 is 11.9 Å². The molecule has 6 nitrogen and oxygen atoms in total. The largest absolute Gasteiger partial charge is 0.493 e. The molecular weight excluding hydrogens is 322 g/mol. The molecule has 2 rings (SSSR count). The van der Waals surface area contributed by atoms with Gasteiger partial charge in [-0.3, -0.25) is 9.59 Å². The van der Waals surface area contributed by atoms with Crippen molar-refractivity contribution in [2.75, 3.05) is 13.7 Å². The smallest absolute Gasteiger partial charge is 0.308 e. The van der Waals surface area contributed by atoms with Crippen LogP contribution in [-0.4, -0.2) is 36.7 Å². The first-order valence-electron chi connectivity index (χ1n) is 8.77. The minimum absolute atomic E-state index is 0.287. The zero-order valence-electron chi connectivity index (χ0n) is 15.1. The maximum atomic E-state index is 12.5. The van der Waals surface area contributed by atoms with Gasteiger partial charge in [0.2, 0.25) is 0 Å². The predicted octanol–water partition coefficient (Wildman–Crippen LogP) is 3.10. The lowest BCUT2D eigenvalue weighted by molar-refractivity contribution is -0.142. The molecule has 1 aliphatic carbocycles. The van der Waals surface area contributed by atoms with Crippen LogP contribution in [0.2, 0.25) is 0 Å². The van der Waals surface area contributed by atoms with E-state index in [0.29, 0.717) is 42.4 Å². The number of benzene rings is 1. The van der Waals surface area contributed by atoms with Crippen LogP contribution < -0.4 is 14.8 Å². The summed E-state index contributed by atoms with van der Waals surface area (Å²) in [6.45, 7) is 4.84. The Hall–Kier alpha value is -2.24. The molecular formula is C19H27NO5. The summed E-state index contributed by atoms with van der Waals surface area (Å²) in [5, 5.41) is 12.1. The van der Waals surface area contributed by atoms with Gasteiger partial charge < -0.3 is 19.9 Å². The number of amides is 1. The van der Waals surface area contributed by atoms with E-state index in [1.807, 2.05) is 0 Å². The van der Waals surface area contributed by atoms with Gasteiger partial charge in [-0.25, -0.2) is 0 Å². The molecule has 0 aromatic heterocycles. The zero-order chi connectivity index (χ0) is 18.4. The van der Waals surface area contributed by atoms with Gasteiger partial charge in [0, 0.05) is 11.6 Å². The normalized spacial score (nSPS) is 19.7. The van der Waals surface area contributed by atoms with Crippen LogP contribution in [0.1, 0.15) is 49.9 Å². The molecule has 0 bridgehead atoms. The minimum atomic E-state index is -0.853. The molecule has 0 unspecified atom stereocenters. The number of carboxylic acid groups (broad SMARTS) is 1. The fourth-order valence-electron chi connectivity index (χ4n) is 3.01. The summed E-state index contributed by atoms with van der Waals surface area (Å²) in [6.07, 6.45) is 3.04. The van der Waals surface area contributed by atoms with E-state index in [9.17, 15) is 14.7 Å². The van der Waals surface area contributed by atoms with E-state index >= 15 is 0 Å². The SMILES string of the molecule is COc1cc(C(=O)N[C@@H]2CCC[C@@H]2C(=O)O)ccc1OCCC(C)C. The van der Waals surface area contributed by atoms with Gasteiger partial charge in [0.1, 0.15) is 0 Å². The lowest BCUT2D eigenvalue weighted by Gasteiger charge is -2.18. The van der Waals surface area contributed by atoms with Gasteiger partial charge in [-0.1, -0.05) is 20.3 Å². The Kier molecular flexibility index (Phi) is 6.67. The number of carboxylic acids is 1. The van der Waals surface area contributed by atoms with Gasteiger partial charge in [0.05, 0.1) is 19.6 Å². The van der Waals surface area contributed by atoms with E-state index < -0.39 is 11.9 Å². The summed E-state index contributed by atoms with van der Waals surface area (Å²) in [7, 11) is 1.53. The molecule has 2 atom stereocenters. The predicted molar refractivity (Wildman–Crippen MR) is 94.2 cm³/mol. The number of nitrogens with one attached hydrogen (secondary N) is 1. The van der Waals surface area contributed by atoms with Crippen molar-refractivity contribution in [3.8, 4) is 11.5 Å². The van der Waals surface area contributed by atoms with E-state index in [-0.39, 0.29) is 11.9 Å². The number of aliphatic carboxylic acids is 1. The van der Waals surface area contributed by atoms with Crippen LogP contribution in [0.25, 0.3) is 0 Å². The molecule has 1 aliphatic rings. The quantitative estimate of drug-likeness (QED) is 0.753. The highest BCUT2D eigenvalue weighted by molar-refractivity contribution is 5.95. The lowest BCUT2D eigenvalue weighted by Crippen LogP contribution is -2.40. The summed E-state index contributed by atoms with van der Waals surface area (Å²) < 4.78 is 11.0. The number of hydrogen-bond donors (Lipinski definition) is 2. The summed E-state index contributed by atoms with van der Waals surface area (Å²) in [5.41, 5.74) is 0.434. The Morgan fingerprint density at radius 3 is 2.68 bits per heavy atom. The minimum Gasteiger partial charge on any atom is -0.493 e. The van der Waals surface area contributed by atoms with Crippen LogP contribution in [0.5, 0.6) is 11.5 Å². The van der Waals surface area contributed by atoms with Crippen LogP contribution in [-0.2, 0) is 4.79 Å². The molecule has 0 spiro atoms. The van der Waals surface area contributed by atoms with Crippen LogP contribution in [0.3, 0.4) is 0 Å². The zero-order valence-corrected chi connectivity index (χ0v) is 15.1. The molecule has 0 aliphatic heterocycles. The van der Waals surface area contributed by atoms with E-state index in [1.165, 1.54) is 7.11 Å². The Bertz CT molecular complexity index is 614. The number of hydrogen-bond acceptors (Lipinski definition) is 4. The van der Waals surface area contributed by atoms with Crippen LogP contribution in [0.4, 0.5) is 0 Å². The third-order valence-corrected chi connectivity index (χ3v) is 4.53. The second kappa shape index (κ2) is 8.74. The maximum Gasteiger partial charge on any atom is 0.308 e. The highest BCUT2D eigenvalue weighted by atomic mass is 16.5. The van der Waals surface area contributed by atoms with Crippen molar-refractivity contribution in [3.63, 3.8) is 0 Å². The van der Waals surface area contributed by atoms with E-state index in [2.05, 4.69) is 19.2 Å². The highest BCUT2D eigenvalue weighted by Gasteiger charge is 2.34. The number of carbonyl (C=O) groups is 2. The topological polar surface area (TPSA) is 84.9 Å². The van der Waals surface area contributed by atoms with Gasteiger partial charge in [-0.2, -0.15) is 0 Å². The summed E-state index contributed by atoms with van der Waals surface area (Å²) in [5.74, 6) is -0.00447. The third-order valence-electron chi connectivity index (χ3n) is 4.53. The molecule has 0 saturated heterocycles. The van der Waals surface area contributed by atoms with Crippen molar-refractivity contribution in [3.05, 3.63) is 23.8 Å². The lowest BCUT2D eigenvalue weighted by atomic mass is 10.0. The van der Waals surface area contributed by atoms with Gasteiger partial charge in [-0.05, 0) is 43.4 Å². The number of carbonyl (C=O) groups excluding carboxylic acids is 1. The molecule has 1 aromatic rings. The molecule has 2 N–H and O–H groups in total. The Morgan fingerprint density at radius 2 is 2.04 bits per heavy atom. The van der Waals surface area contributed by atoms with E-state index in [1.54, 1.807) is 18.2 Å². The summed E-state index contributed by atoms with van der Waals surface area (Å²) in [4.78, 5) is 23.7. The van der Waals surface area contributed by atoms with E-state index in [4.69, 9.17) is 9.47 Å². The highest BCUT2D eigenvalue weighted by Crippen LogP contribution is 2.30. The van der Waals surface area contributed by atoms with Gasteiger partial charge in [0.25, 0.3) is 5.91 Å². The summed E-state index contributed by atoms with van der Waals surface area (Å²) >= 11 is 0. The maximum absolute atomic E-state index is 12.5. The first-order valence-corrected chi connectivity index (χ1v) is 8.77. The molecule has 138 valence electrons. The standard InChI is InChI=1S/C19H27NO5/c1-12(2)9-10-25-16-8-7-13(11-17(16)24-3)18(21)20-15-6-4-5-14(15)19(22)23/h7-8,11-12,14-15H,4-6,9-10H2,1-3H3,(H,20,21)(H,22,23)/t14-,15+/m0/s1. The first-order chi connectivity index (χ1) is 11.9. The fourth-order valence-corrected chi connectivity index (χ4v) is 3.01. The van der Waals surface area contributed by atoms with Crippen molar-refractivity contribution in [1.82, 2.24) is 5.32 Å². The van der Waals surface area contributed by atoms with Crippen molar-refractivity contribution in [1.29, 1.82) is 0 Å². The van der Waals surface area contributed by atoms with Gasteiger partial charge >= 0.3 is 5.97 Å². The number of ether oxygens (including phenoxy) is 2. The summed E-state index contributed by atoms with van der Waals surface area (Å²) in [6, 6.07) is 4.70. The van der Waals surface area contributed by atoms with Gasteiger partial charge in [-0.15, -0.1) is 0 Å². The fraction of sp³-hybridized carbons (Fsp3) is 0.579. The monoisotopic (exact) mass is 349 g/mol. The van der Waals surface area contributed by atoms with Crippen LogP contribution >= 0.6 is 0 Å². The Morgan fingerprint density at radius 1 is 1.28 bits per heavy atom. The van der Waals surface area contributed by atoms with E-state index in [0.717, 1.165) is 12.8 Å². The molecule has 6 heteroatoms. The van der Waals surface area contributed by atoms with Gasteiger partial charge in [0.15, 0.2) is 11.5 Å². The molecule has 1 amide bonds. The number of methoxy groups -OCH3 is 1. The third kappa shape index (κ3) is 5.11. The van der Waals surface area contributed by atoms with Crippen LogP contribution in [0.15, 0.2) is 18.2 Å². The molecule has 0 heterocycles. The number of rotatable bonds is 8. The molecule has 25 heavy (non-hydrogen) atoms. The second-order valence-corrected chi connectivity index (χ2v) is 6.85. The van der Waals surface area contributed by atoms with Crippen molar-refractivity contribution in [2.24, 2.45) is 11.8 Å². The molecule has 1 fully saturated rings. The molecule has 1 saturated carbocycles.